The lowest BCUT2D eigenvalue weighted by molar-refractivity contribution is -0.156. The molecule has 5 aromatic rings. The second-order valence-corrected chi connectivity index (χ2v) is 11.3. The fourth-order valence-electron chi connectivity index (χ4n) is 4.50. The maximum atomic E-state index is 15.7. The van der Waals surface area contributed by atoms with E-state index < -0.39 is 17.3 Å². The van der Waals surface area contributed by atoms with Crippen LogP contribution in [0.3, 0.4) is 0 Å². The summed E-state index contributed by atoms with van der Waals surface area (Å²) in [7, 11) is 0. The van der Waals surface area contributed by atoms with Crippen LogP contribution in [0.5, 0.6) is 0 Å². The van der Waals surface area contributed by atoms with Crippen molar-refractivity contribution in [1.82, 2.24) is 34.6 Å². The van der Waals surface area contributed by atoms with Crippen LogP contribution in [0.1, 0.15) is 51.4 Å². The Hall–Kier alpha value is -4.36. The maximum Gasteiger partial charge on any atom is 0.333 e. The van der Waals surface area contributed by atoms with Crippen molar-refractivity contribution >= 4 is 22.5 Å². The molecule has 44 heavy (non-hydrogen) atoms. The number of aryl methyl sites for hydroxylation is 1. The molecule has 4 aromatic heterocycles. The first-order chi connectivity index (χ1) is 21.1. The SMILES string of the molecule is CC(C)(C)OC(=O)CCOCCCOCCCn1cc(-c2ccc3nnc(C(F)(F)c4ccc5ncccc5c4)n3n2)cn1. The number of halogens is 2. The summed E-state index contributed by atoms with van der Waals surface area (Å²) in [5.41, 5.74) is 1.26. The van der Waals surface area contributed by atoms with Gasteiger partial charge in [0.25, 0.3) is 0 Å². The number of benzene rings is 1. The Labute approximate surface area is 253 Å². The van der Waals surface area contributed by atoms with Crippen LogP contribution >= 0.6 is 0 Å². The van der Waals surface area contributed by atoms with Crippen molar-refractivity contribution < 1.29 is 27.8 Å². The predicted molar refractivity (Wildman–Crippen MR) is 158 cm³/mol. The number of carbonyl (C=O) groups excluding carboxylic acids is 1. The van der Waals surface area contributed by atoms with Gasteiger partial charge in [-0.25, -0.2) is 0 Å². The quantitative estimate of drug-likeness (QED) is 0.124. The van der Waals surface area contributed by atoms with Gasteiger partial charge in [0, 0.05) is 55.3 Å². The Morgan fingerprint density at radius 2 is 1.75 bits per heavy atom. The molecular formula is C31H35F2N7O4. The lowest BCUT2D eigenvalue weighted by Gasteiger charge is -2.19. The van der Waals surface area contributed by atoms with E-state index in [1.165, 1.54) is 12.1 Å². The Morgan fingerprint density at radius 3 is 2.57 bits per heavy atom. The lowest BCUT2D eigenvalue weighted by atomic mass is 10.0. The molecule has 0 amide bonds. The first-order valence-corrected chi connectivity index (χ1v) is 14.5. The number of hydrogen-bond acceptors (Lipinski definition) is 9. The molecule has 5 rings (SSSR count). The summed E-state index contributed by atoms with van der Waals surface area (Å²) in [6, 6.07) is 11.1. The molecule has 0 saturated heterocycles. The molecule has 11 nitrogen and oxygen atoms in total. The van der Waals surface area contributed by atoms with Gasteiger partial charge in [0.15, 0.2) is 5.65 Å². The number of nitrogens with zero attached hydrogens (tertiary/aromatic N) is 7. The molecule has 0 N–H and O–H groups in total. The van der Waals surface area contributed by atoms with Crippen LogP contribution in [0.25, 0.3) is 27.8 Å². The predicted octanol–water partition coefficient (Wildman–Crippen LogP) is 5.22. The van der Waals surface area contributed by atoms with Crippen molar-refractivity contribution in [3.8, 4) is 11.3 Å². The Balaban J connectivity index is 1.10. The maximum absolute atomic E-state index is 15.7. The van der Waals surface area contributed by atoms with E-state index in [1.54, 1.807) is 47.4 Å². The molecule has 0 saturated carbocycles. The summed E-state index contributed by atoms with van der Waals surface area (Å²) in [5.74, 6) is -4.28. The van der Waals surface area contributed by atoms with Crippen LogP contribution in [0, 0.1) is 0 Å². The van der Waals surface area contributed by atoms with Gasteiger partial charge in [-0.3, -0.25) is 14.5 Å². The fourth-order valence-corrected chi connectivity index (χ4v) is 4.50. The Morgan fingerprint density at radius 1 is 0.955 bits per heavy atom. The zero-order valence-electron chi connectivity index (χ0n) is 24.9. The fraction of sp³-hybridized carbons (Fsp3) is 0.419. The highest BCUT2D eigenvalue weighted by atomic mass is 19.3. The average Bonchev–Trinajstić information content (AvgIpc) is 3.64. The van der Waals surface area contributed by atoms with Gasteiger partial charge in [-0.1, -0.05) is 12.1 Å². The molecule has 0 radical (unpaired) electrons. The lowest BCUT2D eigenvalue weighted by Crippen LogP contribution is -2.24. The molecule has 0 unspecified atom stereocenters. The van der Waals surface area contributed by atoms with Gasteiger partial charge < -0.3 is 14.2 Å². The number of pyridine rings is 1. The number of carbonyl (C=O) groups is 1. The molecule has 0 atom stereocenters. The third kappa shape index (κ3) is 7.77. The third-order valence-electron chi connectivity index (χ3n) is 6.56. The Kier molecular flexibility index (Phi) is 9.55. The van der Waals surface area contributed by atoms with Crippen molar-refractivity contribution in [1.29, 1.82) is 0 Å². The zero-order valence-corrected chi connectivity index (χ0v) is 24.9. The van der Waals surface area contributed by atoms with E-state index >= 15 is 8.78 Å². The van der Waals surface area contributed by atoms with E-state index in [2.05, 4.69) is 25.4 Å². The molecule has 0 aliphatic carbocycles. The van der Waals surface area contributed by atoms with E-state index in [1.807, 2.05) is 27.0 Å². The monoisotopic (exact) mass is 607 g/mol. The first-order valence-electron chi connectivity index (χ1n) is 14.5. The molecule has 0 aliphatic rings. The smallest absolute Gasteiger partial charge is 0.333 e. The second-order valence-electron chi connectivity index (χ2n) is 11.3. The van der Waals surface area contributed by atoms with E-state index in [0.717, 1.165) is 17.4 Å². The second kappa shape index (κ2) is 13.5. The average molecular weight is 608 g/mol. The van der Waals surface area contributed by atoms with E-state index in [-0.39, 0.29) is 23.6 Å². The number of alkyl halides is 2. The molecule has 0 fully saturated rings. The van der Waals surface area contributed by atoms with Gasteiger partial charge >= 0.3 is 11.9 Å². The number of fused-ring (bicyclic) bond motifs is 2. The number of ether oxygens (including phenoxy) is 3. The van der Waals surface area contributed by atoms with Gasteiger partial charge in [-0.15, -0.1) is 10.2 Å². The summed E-state index contributed by atoms with van der Waals surface area (Å²) in [6.07, 6.45) is 6.75. The summed E-state index contributed by atoms with van der Waals surface area (Å²) >= 11 is 0. The highest BCUT2D eigenvalue weighted by molar-refractivity contribution is 5.79. The largest absolute Gasteiger partial charge is 0.460 e. The minimum absolute atomic E-state index is 0.212. The summed E-state index contributed by atoms with van der Waals surface area (Å²) < 4.78 is 50.5. The highest BCUT2D eigenvalue weighted by Gasteiger charge is 2.40. The number of esters is 1. The van der Waals surface area contributed by atoms with E-state index in [0.29, 0.717) is 55.1 Å². The van der Waals surface area contributed by atoms with Crippen molar-refractivity contribution in [2.45, 2.75) is 58.1 Å². The topological polar surface area (TPSA) is 119 Å². The summed E-state index contributed by atoms with van der Waals surface area (Å²) in [4.78, 5) is 15.9. The molecule has 1 aromatic carbocycles. The molecule has 232 valence electrons. The minimum Gasteiger partial charge on any atom is -0.460 e. The van der Waals surface area contributed by atoms with Crippen LogP contribution in [0.2, 0.25) is 0 Å². The van der Waals surface area contributed by atoms with Crippen LogP contribution in [0.4, 0.5) is 8.78 Å². The van der Waals surface area contributed by atoms with Crippen LogP contribution < -0.4 is 0 Å². The van der Waals surface area contributed by atoms with Crippen molar-refractivity contribution in [3.05, 3.63) is 72.4 Å². The van der Waals surface area contributed by atoms with Crippen molar-refractivity contribution in [3.63, 3.8) is 0 Å². The molecule has 13 heteroatoms. The summed E-state index contributed by atoms with van der Waals surface area (Å²) in [6.45, 7) is 8.02. The minimum atomic E-state index is -3.44. The Bertz CT molecular complexity index is 1710. The molecular weight excluding hydrogens is 572 g/mol. The van der Waals surface area contributed by atoms with Crippen molar-refractivity contribution in [2.24, 2.45) is 0 Å². The van der Waals surface area contributed by atoms with Gasteiger partial charge in [-0.2, -0.15) is 23.5 Å². The number of hydrogen-bond donors (Lipinski definition) is 0. The summed E-state index contributed by atoms with van der Waals surface area (Å²) in [5, 5.41) is 17.1. The number of rotatable bonds is 14. The van der Waals surface area contributed by atoms with Crippen LogP contribution in [-0.2, 0) is 31.5 Å². The van der Waals surface area contributed by atoms with Gasteiger partial charge in [0.05, 0.1) is 30.4 Å². The molecule has 0 spiro atoms. The van der Waals surface area contributed by atoms with Crippen LogP contribution in [-0.4, -0.2) is 72.6 Å². The third-order valence-corrected chi connectivity index (χ3v) is 6.56. The van der Waals surface area contributed by atoms with E-state index in [9.17, 15) is 4.79 Å². The number of aromatic nitrogens is 7. The highest BCUT2D eigenvalue weighted by Crippen LogP contribution is 2.36. The van der Waals surface area contributed by atoms with Crippen molar-refractivity contribution in [2.75, 3.05) is 26.4 Å². The van der Waals surface area contributed by atoms with E-state index in [4.69, 9.17) is 14.2 Å². The molecule has 4 heterocycles. The van der Waals surface area contributed by atoms with Gasteiger partial charge in [-0.05, 0) is 63.9 Å². The van der Waals surface area contributed by atoms with Crippen LogP contribution in [0.15, 0.2) is 61.1 Å². The standard InChI is InChI=1S/C31H35F2N7O4/c1-30(2,3)44-28(41)12-18-43-17-6-16-42-15-5-14-39-21-23(20-35-39)26-10-11-27-36-37-29(40(27)38-26)31(32,33)24-8-9-25-22(19-24)7-4-13-34-25/h4,7-11,13,19-21H,5-6,12,14-18H2,1-3H3. The normalized spacial score (nSPS) is 12.3. The first kappa shape index (κ1) is 31.1. The molecule has 0 aliphatic heterocycles. The van der Waals surface area contributed by atoms with Gasteiger partial charge in [0.2, 0.25) is 5.82 Å². The molecule has 0 bridgehead atoms. The van der Waals surface area contributed by atoms with Gasteiger partial charge in [0.1, 0.15) is 5.60 Å². The zero-order chi connectivity index (χ0) is 31.2.